The molecule has 1 N–H and O–H groups in total. The first kappa shape index (κ1) is 19.4. The Balaban J connectivity index is 1.58. The average molecular weight is 370 g/mol. The fourth-order valence-corrected chi connectivity index (χ4v) is 3.65. The summed E-state index contributed by atoms with van der Waals surface area (Å²) in [6.45, 7) is 5.82. The summed E-state index contributed by atoms with van der Waals surface area (Å²) in [5, 5.41) is 3.02. The summed E-state index contributed by atoms with van der Waals surface area (Å²) >= 11 is 0. The van der Waals surface area contributed by atoms with E-state index in [0.29, 0.717) is 13.2 Å². The van der Waals surface area contributed by atoms with E-state index in [4.69, 9.17) is 4.74 Å². The van der Waals surface area contributed by atoms with Gasteiger partial charge in [-0.3, -0.25) is 9.69 Å². The van der Waals surface area contributed by atoms with Crippen molar-refractivity contribution in [3.63, 3.8) is 0 Å². The van der Waals surface area contributed by atoms with Crippen LogP contribution in [0.5, 0.6) is 5.75 Å². The molecule has 1 amide bonds. The molecule has 3 rings (SSSR count). The normalized spacial score (nSPS) is 18.3. The molecule has 0 unspecified atom stereocenters. The zero-order valence-electron chi connectivity index (χ0n) is 16.0. The number of halogens is 1. The molecule has 2 aromatic rings. The Kier molecular flexibility index (Phi) is 6.45. The van der Waals surface area contributed by atoms with E-state index >= 15 is 0 Å². The van der Waals surface area contributed by atoms with Crippen molar-refractivity contribution in [1.29, 1.82) is 0 Å². The van der Waals surface area contributed by atoms with E-state index in [1.54, 1.807) is 12.1 Å². The van der Waals surface area contributed by atoms with E-state index in [9.17, 15) is 9.18 Å². The molecular formula is C22H27FN2O2. The van der Waals surface area contributed by atoms with Crippen LogP contribution >= 0.6 is 0 Å². The Hall–Kier alpha value is -2.40. The van der Waals surface area contributed by atoms with Crippen LogP contribution in [-0.4, -0.2) is 30.5 Å². The number of benzene rings is 2. The first-order chi connectivity index (χ1) is 13.1. The average Bonchev–Trinajstić information content (AvgIpc) is 3.11. The van der Waals surface area contributed by atoms with Gasteiger partial charge in [-0.1, -0.05) is 24.3 Å². The van der Waals surface area contributed by atoms with Crippen LogP contribution < -0.4 is 10.1 Å². The summed E-state index contributed by atoms with van der Waals surface area (Å²) < 4.78 is 18.6. The standard InChI is InChI=1S/C22H27FN2O2/c1-3-27-20-12-8-18(9-13-20)21-5-4-14-25(21)15-22(26)24-16(2)17-6-10-19(23)11-7-17/h6-13,16,21H,3-5,14-15H2,1-2H3,(H,24,26)/t16-,21-/m1/s1. The van der Waals surface area contributed by atoms with Crippen molar-refractivity contribution in [2.24, 2.45) is 0 Å². The summed E-state index contributed by atoms with van der Waals surface area (Å²) in [6.07, 6.45) is 2.13. The Bertz CT molecular complexity index is 746. The lowest BCUT2D eigenvalue weighted by Crippen LogP contribution is -2.38. The van der Waals surface area contributed by atoms with Crippen LogP contribution in [0.1, 0.15) is 49.9 Å². The number of amides is 1. The molecule has 0 bridgehead atoms. The number of nitrogens with one attached hydrogen (secondary N) is 1. The fourth-order valence-electron chi connectivity index (χ4n) is 3.65. The lowest BCUT2D eigenvalue weighted by molar-refractivity contribution is -0.123. The number of hydrogen-bond acceptors (Lipinski definition) is 3. The van der Waals surface area contributed by atoms with E-state index < -0.39 is 0 Å². The Labute approximate surface area is 160 Å². The second-order valence-electron chi connectivity index (χ2n) is 6.97. The molecule has 0 spiro atoms. The highest BCUT2D eigenvalue weighted by Crippen LogP contribution is 2.32. The van der Waals surface area contributed by atoms with Crippen LogP contribution in [0.2, 0.25) is 0 Å². The topological polar surface area (TPSA) is 41.6 Å². The number of ether oxygens (including phenoxy) is 1. The molecule has 0 aliphatic carbocycles. The maximum absolute atomic E-state index is 13.1. The van der Waals surface area contributed by atoms with Gasteiger partial charge in [0.2, 0.25) is 5.91 Å². The highest BCUT2D eigenvalue weighted by atomic mass is 19.1. The summed E-state index contributed by atoms with van der Waals surface area (Å²) in [4.78, 5) is 14.7. The van der Waals surface area contributed by atoms with E-state index in [2.05, 4.69) is 22.3 Å². The summed E-state index contributed by atoms with van der Waals surface area (Å²) in [5.74, 6) is 0.592. The smallest absolute Gasteiger partial charge is 0.234 e. The number of hydrogen-bond donors (Lipinski definition) is 1. The molecule has 1 aliphatic rings. The number of nitrogens with zero attached hydrogens (tertiary/aromatic N) is 1. The van der Waals surface area contributed by atoms with Crippen LogP contribution in [0.15, 0.2) is 48.5 Å². The molecular weight excluding hydrogens is 343 g/mol. The lowest BCUT2D eigenvalue weighted by atomic mass is 10.0. The monoisotopic (exact) mass is 370 g/mol. The molecule has 27 heavy (non-hydrogen) atoms. The molecule has 5 heteroatoms. The molecule has 0 aromatic heterocycles. The van der Waals surface area contributed by atoms with Gasteiger partial charge in [-0.2, -0.15) is 0 Å². The van der Waals surface area contributed by atoms with Crippen molar-refractivity contribution in [3.8, 4) is 5.75 Å². The Morgan fingerprint density at radius 3 is 2.59 bits per heavy atom. The van der Waals surface area contributed by atoms with Gasteiger partial charge >= 0.3 is 0 Å². The second-order valence-corrected chi connectivity index (χ2v) is 6.97. The SMILES string of the molecule is CCOc1ccc([C@H]2CCCN2CC(=O)N[C@H](C)c2ccc(F)cc2)cc1. The maximum atomic E-state index is 13.1. The van der Waals surface area contributed by atoms with E-state index in [-0.39, 0.29) is 23.8 Å². The highest BCUT2D eigenvalue weighted by molar-refractivity contribution is 5.78. The molecule has 1 fully saturated rings. The molecule has 0 radical (unpaired) electrons. The van der Waals surface area contributed by atoms with Gasteiger partial charge in [0.25, 0.3) is 0 Å². The maximum Gasteiger partial charge on any atom is 0.234 e. The highest BCUT2D eigenvalue weighted by Gasteiger charge is 2.27. The van der Waals surface area contributed by atoms with Crippen molar-refractivity contribution in [2.45, 2.75) is 38.8 Å². The summed E-state index contributed by atoms with van der Waals surface area (Å²) in [5.41, 5.74) is 2.12. The number of carbonyl (C=O) groups excluding carboxylic acids is 1. The minimum Gasteiger partial charge on any atom is -0.494 e. The third-order valence-electron chi connectivity index (χ3n) is 5.03. The number of rotatable bonds is 7. The Morgan fingerprint density at radius 1 is 1.22 bits per heavy atom. The van der Waals surface area contributed by atoms with Crippen molar-refractivity contribution in [2.75, 3.05) is 19.7 Å². The van der Waals surface area contributed by atoms with Crippen molar-refractivity contribution < 1.29 is 13.9 Å². The Morgan fingerprint density at radius 2 is 1.93 bits per heavy atom. The molecule has 1 saturated heterocycles. The lowest BCUT2D eigenvalue weighted by Gasteiger charge is -2.25. The minimum atomic E-state index is -0.271. The molecule has 1 aliphatic heterocycles. The molecule has 1 heterocycles. The largest absolute Gasteiger partial charge is 0.494 e. The summed E-state index contributed by atoms with van der Waals surface area (Å²) in [6, 6.07) is 14.5. The van der Waals surface area contributed by atoms with E-state index in [0.717, 1.165) is 30.7 Å². The van der Waals surface area contributed by atoms with Crippen molar-refractivity contribution >= 4 is 5.91 Å². The third-order valence-corrected chi connectivity index (χ3v) is 5.03. The van der Waals surface area contributed by atoms with Gasteiger partial charge in [-0.05, 0) is 68.6 Å². The molecule has 0 saturated carbocycles. The fraction of sp³-hybridized carbons (Fsp3) is 0.409. The van der Waals surface area contributed by atoms with E-state index in [1.807, 2.05) is 26.0 Å². The van der Waals surface area contributed by atoms with Gasteiger partial charge < -0.3 is 10.1 Å². The number of carbonyl (C=O) groups is 1. The molecule has 2 aromatic carbocycles. The zero-order chi connectivity index (χ0) is 19.2. The van der Waals surface area contributed by atoms with Crippen molar-refractivity contribution in [3.05, 3.63) is 65.5 Å². The zero-order valence-corrected chi connectivity index (χ0v) is 16.0. The molecule has 2 atom stereocenters. The predicted molar refractivity (Wildman–Crippen MR) is 104 cm³/mol. The first-order valence-corrected chi connectivity index (χ1v) is 9.58. The second kappa shape index (κ2) is 9.00. The van der Waals surface area contributed by atoms with Crippen LogP contribution in [-0.2, 0) is 4.79 Å². The molecule has 144 valence electrons. The first-order valence-electron chi connectivity index (χ1n) is 9.58. The molecule has 4 nitrogen and oxygen atoms in total. The van der Waals surface area contributed by atoms with Crippen molar-refractivity contribution in [1.82, 2.24) is 10.2 Å². The van der Waals surface area contributed by atoms with Gasteiger partial charge in [0, 0.05) is 6.04 Å². The minimum absolute atomic E-state index is 0.00957. The van der Waals surface area contributed by atoms with Crippen LogP contribution in [0.4, 0.5) is 4.39 Å². The van der Waals surface area contributed by atoms with Gasteiger partial charge in [0.1, 0.15) is 11.6 Å². The number of likely N-dealkylation sites (tertiary alicyclic amines) is 1. The third kappa shape index (κ3) is 5.07. The predicted octanol–water partition coefficient (Wildman–Crippen LogP) is 4.24. The van der Waals surface area contributed by atoms with Gasteiger partial charge in [-0.15, -0.1) is 0 Å². The van der Waals surface area contributed by atoms with Gasteiger partial charge in [0.15, 0.2) is 0 Å². The van der Waals surface area contributed by atoms with Gasteiger partial charge in [-0.25, -0.2) is 4.39 Å². The van der Waals surface area contributed by atoms with Crippen LogP contribution in [0, 0.1) is 5.82 Å². The van der Waals surface area contributed by atoms with Gasteiger partial charge in [0.05, 0.1) is 19.2 Å². The van der Waals surface area contributed by atoms with Crippen LogP contribution in [0.3, 0.4) is 0 Å². The van der Waals surface area contributed by atoms with E-state index in [1.165, 1.54) is 17.7 Å². The summed E-state index contributed by atoms with van der Waals surface area (Å²) in [7, 11) is 0. The quantitative estimate of drug-likeness (QED) is 0.793. The van der Waals surface area contributed by atoms with Crippen LogP contribution in [0.25, 0.3) is 0 Å².